The van der Waals surface area contributed by atoms with Gasteiger partial charge in [0, 0.05) is 4.47 Å². The first-order chi connectivity index (χ1) is 9.93. The molecule has 112 valence electrons. The van der Waals surface area contributed by atoms with E-state index < -0.39 is 0 Å². The SMILES string of the molecule is CCNC(c1cc(Br)ccc1C)c1cc(C)c(C)cc1C. The summed E-state index contributed by atoms with van der Waals surface area (Å²) in [6.45, 7) is 11.9. The number of benzene rings is 2. The molecule has 2 aromatic rings. The molecule has 0 saturated carbocycles. The van der Waals surface area contributed by atoms with Gasteiger partial charge in [-0.1, -0.05) is 41.1 Å². The quantitative estimate of drug-likeness (QED) is 0.783. The van der Waals surface area contributed by atoms with Gasteiger partial charge in [0.2, 0.25) is 0 Å². The predicted molar refractivity (Wildman–Crippen MR) is 95.1 cm³/mol. The topological polar surface area (TPSA) is 12.0 Å². The minimum Gasteiger partial charge on any atom is -0.307 e. The van der Waals surface area contributed by atoms with Gasteiger partial charge < -0.3 is 5.32 Å². The van der Waals surface area contributed by atoms with Crippen LogP contribution in [-0.2, 0) is 0 Å². The summed E-state index contributed by atoms with van der Waals surface area (Å²) >= 11 is 3.61. The zero-order valence-electron chi connectivity index (χ0n) is 13.5. The molecule has 0 spiro atoms. The molecule has 0 aliphatic carbocycles. The predicted octanol–water partition coefficient (Wildman–Crippen LogP) is 5.38. The molecule has 0 radical (unpaired) electrons. The Morgan fingerprint density at radius 1 is 0.857 bits per heavy atom. The molecule has 0 aliphatic heterocycles. The third-order valence-electron chi connectivity index (χ3n) is 4.15. The molecule has 1 nitrogen and oxygen atoms in total. The summed E-state index contributed by atoms with van der Waals surface area (Å²) in [6.07, 6.45) is 0. The second-order valence-corrected chi connectivity index (χ2v) is 6.70. The average molecular weight is 346 g/mol. The van der Waals surface area contributed by atoms with Crippen LogP contribution in [0.4, 0.5) is 0 Å². The molecule has 2 heteroatoms. The van der Waals surface area contributed by atoms with Crippen LogP contribution >= 0.6 is 15.9 Å². The lowest BCUT2D eigenvalue weighted by Gasteiger charge is -2.24. The highest BCUT2D eigenvalue weighted by Crippen LogP contribution is 2.30. The maximum Gasteiger partial charge on any atom is 0.0582 e. The Morgan fingerprint density at radius 3 is 2.14 bits per heavy atom. The monoisotopic (exact) mass is 345 g/mol. The van der Waals surface area contributed by atoms with Crippen LogP contribution in [0.2, 0.25) is 0 Å². The average Bonchev–Trinajstić information content (AvgIpc) is 2.43. The van der Waals surface area contributed by atoms with Crippen molar-refractivity contribution >= 4 is 15.9 Å². The Kier molecular flexibility index (Phi) is 5.23. The smallest absolute Gasteiger partial charge is 0.0582 e. The Bertz CT molecular complexity index is 646. The van der Waals surface area contributed by atoms with E-state index in [-0.39, 0.29) is 6.04 Å². The fourth-order valence-electron chi connectivity index (χ4n) is 2.81. The van der Waals surface area contributed by atoms with E-state index in [0.717, 1.165) is 11.0 Å². The number of hydrogen-bond donors (Lipinski definition) is 1. The lowest BCUT2D eigenvalue weighted by atomic mass is 9.89. The fourth-order valence-corrected chi connectivity index (χ4v) is 3.19. The normalized spacial score (nSPS) is 12.5. The number of halogens is 1. The first kappa shape index (κ1) is 16.3. The second-order valence-electron chi connectivity index (χ2n) is 5.78. The minimum absolute atomic E-state index is 0.242. The van der Waals surface area contributed by atoms with Crippen LogP contribution in [-0.4, -0.2) is 6.54 Å². The molecule has 0 aliphatic rings. The van der Waals surface area contributed by atoms with Crippen LogP contribution in [0.15, 0.2) is 34.8 Å². The van der Waals surface area contributed by atoms with E-state index in [4.69, 9.17) is 0 Å². The molecule has 21 heavy (non-hydrogen) atoms. The van der Waals surface area contributed by atoms with E-state index in [1.165, 1.54) is 33.4 Å². The summed E-state index contributed by atoms with van der Waals surface area (Å²) in [5.41, 5.74) is 8.10. The van der Waals surface area contributed by atoms with Gasteiger partial charge in [-0.15, -0.1) is 0 Å². The largest absolute Gasteiger partial charge is 0.307 e. The second kappa shape index (κ2) is 6.76. The van der Waals surface area contributed by atoms with Crippen molar-refractivity contribution in [2.24, 2.45) is 0 Å². The molecule has 0 fully saturated rings. The molecule has 0 aromatic heterocycles. The highest BCUT2D eigenvalue weighted by molar-refractivity contribution is 9.10. The summed E-state index contributed by atoms with van der Waals surface area (Å²) < 4.78 is 1.13. The van der Waals surface area contributed by atoms with Gasteiger partial charge in [-0.2, -0.15) is 0 Å². The molecule has 0 saturated heterocycles. The van der Waals surface area contributed by atoms with Gasteiger partial charge in [-0.25, -0.2) is 0 Å². The maximum atomic E-state index is 3.65. The van der Waals surface area contributed by atoms with Gasteiger partial charge in [-0.3, -0.25) is 0 Å². The van der Waals surface area contributed by atoms with Crippen molar-refractivity contribution in [3.63, 3.8) is 0 Å². The number of aryl methyl sites for hydroxylation is 4. The van der Waals surface area contributed by atoms with E-state index in [1.807, 2.05) is 0 Å². The van der Waals surface area contributed by atoms with E-state index in [9.17, 15) is 0 Å². The maximum absolute atomic E-state index is 3.65. The molecular formula is C19H24BrN. The highest BCUT2D eigenvalue weighted by Gasteiger charge is 2.18. The Hall–Kier alpha value is -1.12. The van der Waals surface area contributed by atoms with E-state index >= 15 is 0 Å². The van der Waals surface area contributed by atoms with Crippen LogP contribution in [0.1, 0.15) is 46.3 Å². The molecule has 1 N–H and O–H groups in total. The Labute approximate surface area is 136 Å². The lowest BCUT2D eigenvalue weighted by molar-refractivity contribution is 0.624. The third kappa shape index (κ3) is 3.56. The molecule has 0 amide bonds. The van der Waals surface area contributed by atoms with Crippen LogP contribution < -0.4 is 5.32 Å². The van der Waals surface area contributed by atoms with E-state index in [1.54, 1.807) is 0 Å². The zero-order valence-corrected chi connectivity index (χ0v) is 15.1. The van der Waals surface area contributed by atoms with Gasteiger partial charge in [0.1, 0.15) is 0 Å². The zero-order chi connectivity index (χ0) is 15.6. The Morgan fingerprint density at radius 2 is 1.48 bits per heavy atom. The molecule has 2 rings (SSSR count). The van der Waals surface area contributed by atoms with Gasteiger partial charge in [0.15, 0.2) is 0 Å². The summed E-state index contributed by atoms with van der Waals surface area (Å²) in [6, 6.07) is 11.4. The van der Waals surface area contributed by atoms with Crippen molar-refractivity contribution in [2.45, 2.75) is 40.7 Å². The van der Waals surface area contributed by atoms with Crippen molar-refractivity contribution in [1.82, 2.24) is 5.32 Å². The van der Waals surface area contributed by atoms with Crippen molar-refractivity contribution in [2.75, 3.05) is 6.54 Å². The van der Waals surface area contributed by atoms with Gasteiger partial charge in [0.25, 0.3) is 0 Å². The Balaban J connectivity index is 2.58. The minimum atomic E-state index is 0.242. The van der Waals surface area contributed by atoms with Crippen LogP contribution in [0.3, 0.4) is 0 Å². The van der Waals surface area contributed by atoms with Crippen LogP contribution in [0.5, 0.6) is 0 Å². The number of hydrogen-bond acceptors (Lipinski definition) is 1. The molecule has 2 aromatic carbocycles. The van der Waals surface area contributed by atoms with E-state index in [2.05, 4.69) is 86.2 Å². The van der Waals surface area contributed by atoms with Crippen molar-refractivity contribution < 1.29 is 0 Å². The van der Waals surface area contributed by atoms with Crippen molar-refractivity contribution in [1.29, 1.82) is 0 Å². The van der Waals surface area contributed by atoms with Crippen LogP contribution in [0, 0.1) is 27.7 Å². The van der Waals surface area contributed by atoms with E-state index in [0.29, 0.717) is 0 Å². The molecule has 1 atom stereocenters. The molecular weight excluding hydrogens is 322 g/mol. The van der Waals surface area contributed by atoms with Gasteiger partial charge in [0.05, 0.1) is 6.04 Å². The fraction of sp³-hybridized carbons (Fsp3) is 0.368. The standard InChI is InChI=1S/C19H24BrN/c1-6-21-19(18-11-16(20)8-7-12(18)2)17-10-14(4)13(3)9-15(17)5/h7-11,19,21H,6H2,1-5H3. The number of nitrogens with one attached hydrogen (secondary N) is 1. The van der Waals surface area contributed by atoms with Gasteiger partial charge >= 0.3 is 0 Å². The van der Waals surface area contributed by atoms with Crippen molar-refractivity contribution in [3.8, 4) is 0 Å². The summed E-state index contributed by atoms with van der Waals surface area (Å²) in [5.74, 6) is 0. The summed E-state index contributed by atoms with van der Waals surface area (Å²) in [7, 11) is 0. The first-order valence-corrected chi connectivity index (χ1v) is 8.30. The molecule has 1 unspecified atom stereocenters. The first-order valence-electron chi connectivity index (χ1n) is 7.51. The summed E-state index contributed by atoms with van der Waals surface area (Å²) in [5, 5.41) is 3.65. The highest BCUT2D eigenvalue weighted by atomic mass is 79.9. The number of rotatable bonds is 4. The molecule has 0 bridgehead atoms. The lowest BCUT2D eigenvalue weighted by Crippen LogP contribution is -2.23. The summed E-state index contributed by atoms with van der Waals surface area (Å²) in [4.78, 5) is 0. The third-order valence-corrected chi connectivity index (χ3v) is 4.65. The van der Waals surface area contributed by atoms with Crippen molar-refractivity contribution in [3.05, 3.63) is 68.2 Å². The molecule has 0 heterocycles. The van der Waals surface area contributed by atoms with Gasteiger partial charge in [-0.05, 0) is 79.8 Å². The van der Waals surface area contributed by atoms with Crippen LogP contribution in [0.25, 0.3) is 0 Å².